The van der Waals surface area contributed by atoms with Crippen molar-refractivity contribution in [3.05, 3.63) is 318 Å². The number of rotatable bonds is 14. The third-order valence-electron chi connectivity index (χ3n) is 19.3. The third-order valence-corrected chi connectivity index (χ3v) is 24.3. The van der Waals surface area contributed by atoms with Gasteiger partial charge in [0.15, 0.2) is 23.1 Å². The van der Waals surface area contributed by atoms with Gasteiger partial charge >= 0.3 is 23.9 Å². The highest BCUT2D eigenvalue weighted by molar-refractivity contribution is 7.35. The number of esters is 4. The molecular formula is C84H48O12S4. The molecule has 0 saturated heterocycles. The van der Waals surface area contributed by atoms with Crippen molar-refractivity contribution < 1.29 is 57.3 Å². The molecule has 0 spiro atoms. The summed E-state index contributed by atoms with van der Waals surface area (Å²) in [6.45, 7) is -1.05. The van der Waals surface area contributed by atoms with Gasteiger partial charge in [-0.3, -0.25) is 38.4 Å². The normalized spacial score (nSPS) is 14.3. The number of hydrogen-bond acceptors (Lipinski definition) is 16. The average Bonchev–Trinajstić information content (AvgIpc) is 1.49. The quantitative estimate of drug-likeness (QED) is 0.0252. The van der Waals surface area contributed by atoms with E-state index in [1.165, 1.54) is 12.2 Å². The van der Waals surface area contributed by atoms with Crippen LogP contribution in [-0.4, -0.2) is 47.0 Å². The van der Waals surface area contributed by atoms with Crippen LogP contribution in [0.2, 0.25) is 0 Å². The Balaban J connectivity index is 0.841. The highest BCUT2D eigenvalue weighted by Crippen LogP contribution is 2.67. The predicted octanol–water partition coefficient (Wildman–Crippen LogP) is 18.1. The van der Waals surface area contributed by atoms with Crippen molar-refractivity contribution in [2.75, 3.05) is 0 Å². The molecule has 4 aromatic heterocycles. The van der Waals surface area contributed by atoms with E-state index in [-0.39, 0.29) is 82.1 Å². The fourth-order valence-corrected chi connectivity index (χ4v) is 20.2. The Morgan fingerprint density at radius 3 is 0.830 bits per heavy atom. The lowest BCUT2D eigenvalue weighted by Gasteiger charge is -2.27. The number of hydrogen-bond donors (Lipinski definition) is 0. The van der Waals surface area contributed by atoms with E-state index in [1.807, 2.05) is 97.1 Å². The summed E-state index contributed by atoms with van der Waals surface area (Å²) >= 11 is 4.64. The molecule has 4 heterocycles. The molecule has 0 saturated carbocycles. The first-order chi connectivity index (χ1) is 48.8. The summed E-state index contributed by atoms with van der Waals surface area (Å²) in [6, 6.07) is 70.0. The van der Waals surface area contributed by atoms with Crippen LogP contribution in [0.1, 0.15) is 95.7 Å². The van der Waals surface area contributed by atoms with Crippen molar-refractivity contribution in [2.45, 2.75) is 37.3 Å². The Morgan fingerprint density at radius 2 is 0.560 bits per heavy atom. The number of benzene rings is 10. The van der Waals surface area contributed by atoms with Crippen molar-refractivity contribution in [1.29, 1.82) is 0 Å². The molecule has 14 aromatic rings. The van der Waals surface area contributed by atoms with Gasteiger partial charge in [-0.1, -0.05) is 170 Å². The number of Topliss-reactive ketones (excluding diaryl/α,β-unsaturated/α-hetero) is 4. The first-order valence-electron chi connectivity index (χ1n) is 32.1. The molecular weight excluding hydrogens is 1330 g/mol. The molecule has 0 unspecified atom stereocenters. The van der Waals surface area contributed by atoms with Crippen molar-refractivity contribution in [3.63, 3.8) is 0 Å². The maximum Gasteiger partial charge on any atom is 0.333 e. The first-order valence-corrected chi connectivity index (χ1v) is 35.4. The predicted molar refractivity (Wildman–Crippen MR) is 389 cm³/mol. The van der Waals surface area contributed by atoms with Gasteiger partial charge in [0, 0.05) is 54.3 Å². The molecule has 12 nitrogen and oxygen atoms in total. The molecule has 0 fully saturated rings. The molecule has 18 rings (SSSR count). The summed E-state index contributed by atoms with van der Waals surface area (Å²) in [6.07, 6.45) is 3.02. The Kier molecular flexibility index (Phi) is 14.3. The highest BCUT2D eigenvalue weighted by Gasteiger charge is 2.65. The SMILES string of the molecule is O=C1C(=Cc2cc3c(s2)-c2sc4c5c(sc4c2C3(C(=O)OCc2ccccc2)C(=O)OCc2ccccc2)-c2sc(C=C3C(=O)c4cc6cc7ccccc7cc6cc4C3=O)cc2C5(C(=O)OCc2ccccc2)C(=O)OCc2ccccc2)C(=O)c2cc3cc4ccccc4cc3cc21. The number of carbonyl (C=O) groups is 8. The average molecular weight is 1380 g/mol. The molecule has 0 aliphatic heterocycles. The van der Waals surface area contributed by atoms with Crippen LogP contribution in [0.25, 0.3) is 84.2 Å². The van der Waals surface area contributed by atoms with Crippen LogP contribution in [0.15, 0.2) is 242 Å². The standard InChI is InChI=1S/C84H48O12S4/c85-69-59-33-53-29-49-25-13-14-26-50(49)30-54(53)34-60(59)70(86)63(69)37-57-39-65-73(97-57)75-67(83(65,79(89)93-41-45-17-5-1-6-18-45)80(90)94-42-46-19-7-2-8-20-46)77-78(99-75)68-76(100-77)74-66(84(68,81(91)95-43-47-21-9-3-10-22-47)82(92)96-44-48-23-11-4-12-24-48)40-58(98-74)38-64-71(87)61-35-55-31-51-27-15-16-28-52(51)32-56(55)36-62(61)72(64)88/h1-40H,41-44H2. The van der Waals surface area contributed by atoms with Gasteiger partial charge < -0.3 is 18.9 Å². The van der Waals surface area contributed by atoms with E-state index in [9.17, 15) is 19.2 Å². The Morgan fingerprint density at radius 1 is 0.300 bits per heavy atom. The van der Waals surface area contributed by atoms with Gasteiger partial charge in [0.1, 0.15) is 26.4 Å². The molecule has 0 radical (unpaired) electrons. The smallest absolute Gasteiger partial charge is 0.333 e. The minimum atomic E-state index is -2.43. The zero-order valence-electron chi connectivity index (χ0n) is 52.5. The fraction of sp³-hybridized carbons (Fsp3) is 0.0714. The van der Waals surface area contributed by atoms with Crippen LogP contribution in [0, 0.1) is 0 Å². The molecule has 16 heteroatoms. The van der Waals surface area contributed by atoms with Gasteiger partial charge in [-0.2, -0.15) is 0 Å². The van der Waals surface area contributed by atoms with Gasteiger partial charge in [0.25, 0.3) is 0 Å². The minimum Gasteiger partial charge on any atom is -0.459 e. The number of thiophene rings is 4. The van der Waals surface area contributed by atoms with Crippen molar-refractivity contribution in [2.24, 2.45) is 0 Å². The summed E-state index contributed by atoms with van der Waals surface area (Å²) in [5.74, 6) is -5.90. The first kappa shape index (κ1) is 60.7. The van der Waals surface area contributed by atoms with Crippen molar-refractivity contribution in [1.82, 2.24) is 0 Å². The van der Waals surface area contributed by atoms with Crippen molar-refractivity contribution in [3.8, 4) is 19.5 Å². The van der Waals surface area contributed by atoms with Crippen LogP contribution in [0.3, 0.4) is 0 Å². The topological polar surface area (TPSA) is 173 Å². The Hall–Kier alpha value is -11.7. The van der Waals surface area contributed by atoms with Crippen LogP contribution >= 0.6 is 45.3 Å². The molecule has 4 aliphatic rings. The number of fused-ring (bicyclic) bond motifs is 15. The molecule has 0 bridgehead atoms. The summed E-state index contributed by atoms with van der Waals surface area (Å²) in [4.78, 5) is 126. The van der Waals surface area contributed by atoms with E-state index in [4.69, 9.17) is 18.9 Å². The van der Waals surface area contributed by atoms with Gasteiger partial charge in [0.05, 0.1) is 40.1 Å². The van der Waals surface area contributed by atoms with E-state index in [1.54, 1.807) is 133 Å². The van der Waals surface area contributed by atoms with E-state index in [0.717, 1.165) is 88.4 Å². The zero-order valence-corrected chi connectivity index (χ0v) is 55.7. The molecule has 4 aliphatic carbocycles. The van der Waals surface area contributed by atoms with Crippen LogP contribution in [-0.2, 0) is 75.4 Å². The van der Waals surface area contributed by atoms with Crippen LogP contribution < -0.4 is 0 Å². The third kappa shape index (κ3) is 9.42. The summed E-state index contributed by atoms with van der Waals surface area (Å²) in [7, 11) is 0. The van der Waals surface area contributed by atoms with Gasteiger partial charge in [0.2, 0.25) is 10.8 Å². The Labute approximate surface area is 585 Å². The molecule has 480 valence electrons. The molecule has 10 aromatic carbocycles. The molecule has 0 N–H and O–H groups in total. The second-order valence-electron chi connectivity index (χ2n) is 25.1. The number of allylic oxidation sites excluding steroid dienone is 2. The van der Waals surface area contributed by atoms with Gasteiger partial charge in [-0.25, -0.2) is 0 Å². The molecule has 0 atom stereocenters. The monoisotopic (exact) mass is 1380 g/mol. The number of ketones is 4. The highest BCUT2D eigenvalue weighted by atomic mass is 32.1. The van der Waals surface area contributed by atoms with E-state index in [0.29, 0.717) is 60.9 Å². The van der Waals surface area contributed by atoms with Crippen molar-refractivity contribution >= 4 is 157 Å². The largest absolute Gasteiger partial charge is 0.459 e. The lowest BCUT2D eigenvalue weighted by atomic mass is 9.77. The van der Waals surface area contributed by atoms with Crippen LogP contribution in [0.5, 0.6) is 0 Å². The summed E-state index contributed by atoms with van der Waals surface area (Å²) in [5, 5.41) is 7.06. The maximum atomic E-state index is 16.2. The Bertz CT molecular complexity index is 5400. The molecule has 100 heavy (non-hydrogen) atoms. The maximum absolute atomic E-state index is 16.2. The zero-order chi connectivity index (χ0) is 67.7. The second kappa shape index (κ2) is 23.5. The lowest BCUT2D eigenvalue weighted by Crippen LogP contribution is -2.46. The van der Waals surface area contributed by atoms with Gasteiger partial charge in [-0.05, 0) is 138 Å². The fourth-order valence-electron chi connectivity index (χ4n) is 14.5. The minimum absolute atomic E-state index is 0.105. The summed E-state index contributed by atoms with van der Waals surface area (Å²) in [5.41, 5.74) is -0.845. The summed E-state index contributed by atoms with van der Waals surface area (Å²) < 4.78 is 26.3. The van der Waals surface area contributed by atoms with E-state index < -0.39 is 57.8 Å². The van der Waals surface area contributed by atoms with Crippen LogP contribution in [0.4, 0.5) is 0 Å². The van der Waals surface area contributed by atoms with Gasteiger partial charge in [-0.15, -0.1) is 45.3 Å². The van der Waals surface area contributed by atoms with E-state index >= 15 is 19.2 Å². The lowest BCUT2D eigenvalue weighted by molar-refractivity contribution is -0.166. The number of carbonyl (C=O) groups excluding carboxylic acids is 8. The molecule has 0 amide bonds. The van der Waals surface area contributed by atoms with E-state index in [2.05, 4.69) is 0 Å². The second-order valence-corrected chi connectivity index (χ2v) is 29.3. The number of ether oxygens (including phenoxy) is 4.